The number of rotatable bonds is 3. The molecule has 0 heterocycles. The normalized spacial score (nSPS) is 15.4. The van der Waals surface area contributed by atoms with Crippen LogP contribution in [0.25, 0.3) is 0 Å². The lowest BCUT2D eigenvalue weighted by Gasteiger charge is -2.21. The highest BCUT2D eigenvalue weighted by Gasteiger charge is 2.27. The molecule has 0 fully saturated rings. The minimum absolute atomic E-state index is 0.361. The summed E-state index contributed by atoms with van der Waals surface area (Å²) < 4.78 is 14.1. The second-order valence-corrected chi connectivity index (χ2v) is 3.88. The van der Waals surface area contributed by atoms with Crippen molar-refractivity contribution >= 4 is 15.9 Å². The van der Waals surface area contributed by atoms with Gasteiger partial charge in [0.1, 0.15) is 5.67 Å². The van der Waals surface area contributed by atoms with E-state index in [0.717, 1.165) is 11.1 Å². The lowest BCUT2D eigenvalue weighted by Crippen LogP contribution is -2.20. The summed E-state index contributed by atoms with van der Waals surface area (Å²) >= 11 is 3.21. The van der Waals surface area contributed by atoms with Crippen LogP contribution in [0, 0.1) is 6.92 Å². The van der Waals surface area contributed by atoms with E-state index in [2.05, 4.69) is 15.9 Å². The largest absolute Gasteiger partial charge is 0.238 e. The van der Waals surface area contributed by atoms with Crippen molar-refractivity contribution in [3.63, 3.8) is 0 Å². The number of benzene rings is 1. The van der Waals surface area contributed by atoms with Crippen LogP contribution in [0.1, 0.15) is 24.5 Å². The molecule has 0 N–H and O–H groups in total. The van der Waals surface area contributed by atoms with E-state index in [0.29, 0.717) is 11.8 Å². The molecule has 0 spiro atoms. The van der Waals surface area contributed by atoms with Gasteiger partial charge in [0.15, 0.2) is 0 Å². The third-order valence-corrected chi connectivity index (χ3v) is 3.23. The zero-order valence-electron chi connectivity index (χ0n) is 7.98. The third kappa shape index (κ3) is 2.31. The van der Waals surface area contributed by atoms with E-state index in [4.69, 9.17) is 0 Å². The molecule has 1 aromatic carbocycles. The van der Waals surface area contributed by atoms with Gasteiger partial charge < -0.3 is 0 Å². The molecule has 0 radical (unpaired) electrons. The van der Waals surface area contributed by atoms with Crippen LogP contribution in [0.15, 0.2) is 24.3 Å². The molecule has 0 unspecified atom stereocenters. The van der Waals surface area contributed by atoms with Crippen molar-refractivity contribution in [3.8, 4) is 0 Å². The molecule has 0 bridgehead atoms. The van der Waals surface area contributed by atoms with Crippen LogP contribution in [0.5, 0.6) is 0 Å². The van der Waals surface area contributed by atoms with Crippen molar-refractivity contribution in [3.05, 3.63) is 35.4 Å². The smallest absolute Gasteiger partial charge is 0.145 e. The minimum atomic E-state index is -1.21. The van der Waals surface area contributed by atoms with Gasteiger partial charge in [-0.2, -0.15) is 0 Å². The number of hydrogen-bond donors (Lipinski definition) is 0. The van der Waals surface area contributed by atoms with Gasteiger partial charge in [-0.05, 0) is 18.9 Å². The van der Waals surface area contributed by atoms with Crippen molar-refractivity contribution in [2.24, 2.45) is 0 Å². The van der Waals surface area contributed by atoms with E-state index in [1.165, 1.54) is 0 Å². The highest BCUT2D eigenvalue weighted by Crippen LogP contribution is 2.31. The fourth-order valence-electron chi connectivity index (χ4n) is 1.23. The van der Waals surface area contributed by atoms with Gasteiger partial charge in [-0.3, -0.25) is 0 Å². The molecule has 1 aromatic rings. The summed E-state index contributed by atoms with van der Waals surface area (Å²) in [6.07, 6.45) is 0.501. The Bertz CT molecular complexity index is 262. The standard InChI is InChI=1S/C11H14BrF/c1-3-11(13,8-12)10-6-4-9(2)5-7-10/h4-7H,3,8H2,1-2H3/t11-/m1/s1. The summed E-state index contributed by atoms with van der Waals surface area (Å²) in [4.78, 5) is 0. The lowest BCUT2D eigenvalue weighted by molar-refractivity contribution is 0.194. The topological polar surface area (TPSA) is 0 Å². The summed E-state index contributed by atoms with van der Waals surface area (Å²) in [7, 11) is 0. The average molecular weight is 245 g/mol. The second-order valence-electron chi connectivity index (χ2n) is 3.32. The molecule has 72 valence electrons. The Balaban J connectivity index is 2.99. The lowest BCUT2D eigenvalue weighted by atomic mass is 9.94. The first-order valence-corrected chi connectivity index (χ1v) is 5.56. The van der Waals surface area contributed by atoms with E-state index in [1.807, 2.05) is 38.1 Å². The molecule has 0 saturated heterocycles. The number of alkyl halides is 2. The van der Waals surface area contributed by atoms with Gasteiger partial charge in [0.2, 0.25) is 0 Å². The summed E-state index contributed by atoms with van der Waals surface area (Å²) in [6.45, 7) is 3.87. The number of halogens is 2. The quantitative estimate of drug-likeness (QED) is 0.707. The summed E-state index contributed by atoms with van der Waals surface area (Å²) in [5.74, 6) is 0. The second kappa shape index (κ2) is 4.23. The molecule has 0 amide bonds. The first-order valence-electron chi connectivity index (χ1n) is 4.44. The van der Waals surface area contributed by atoms with Crippen LogP contribution in [0.4, 0.5) is 4.39 Å². The number of aryl methyl sites for hydroxylation is 1. The van der Waals surface area contributed by atoms with Crippen molar-refractivity contribution in [2.45, 2.75) is 25.9 Å². The molecule has 1 atom stereocenters. The molecule has 0 aliphatic rings. The van der Waals surface area contributed by atoms with Gasteiger partial charge in [-0.25, -0.2) is 4.39 Å². The zero-order valence-corrected chi connectivity index (χ0v) is 9.57. The Hall–Kier alpha value is -0.370. The number of hydrogen-bond acceptors (Lipinski definition) is 0. The predicted octanol–water partition coefficient (Wildman–Crippen LogP) is 3.96. The Morgan fingerprint density at radius 2 is 1.85 bits per heavy atom. The molecule has 2 heteroatoms. The van der Waals surface area contributed by atoms with Gasteiger partial charge in [-0.1, -0.05) is 52.7 Å². The zero-order chi connectivity index (χ0) is 9.90. The predicted molar refractivity (Wildman–Crippen MR) is 58.1 cm³/mol. The Kier molecular flexibility index (Phi) is 3.48. The first kappa shape index (κ1) is 10.7. The fourth-order valence-corrected chi connectivity index (χ4v) is 1.95. The van der Waals surface area contributed by atoms with Crippen molar-refractivity contribution in [2.75, 3.05) is 5.33 Å². The third-order valence-electron chi connectivity index (χ3n) is 2.34. The Labute approximate surface area is 87.3 Å². The van der Waals surface area contributed by atoms with E-state index < -0.39 is 5.67 Å². The van der Waals surface area contributed by atoms with Crippen LogP contribution in [0.3, 0.4) is 0 Å². The molecule has 1 rings (SSSR count). The molecular weight excluding hydrogens is 231 g/mol. The fraction of sp³-hybridized carbons (Fsp3) is 0.455. The van der Waals surface area contributed by atoms with E-state index in [-0.39, 0.29) is 0 Å². The molecular formula is C11H14BrF. The van der Waals surface area contributed by atoms with Gasteiger partial charge in [0, 0.05) is 5.33 Å². The van der Waals surface area contributed by atoms with Gasteiger partial charge in [0.05, 0.1) is 0 Å². The molecule has 0 aliphatic heterocycles. The van der Waals surface area contributed by atoms with Crippen LogP contribution < -0.4 is 0 Å². The molecule has 0 nitrogen and oxygen atoms in total. The van der Waals surface area contributed by atoms with Gasteiger partial charge in [-0.15, -0.1) is 0 Å². The van der Waals surface area contributed by atoms with Crippen molar-refractivity contribution < 1.29 is 4.39 Å². The molecule has 0 aromatic heterocycles. The maximum Gasteiger partial charge on any atom is 0.145 e. The maximum atomic E-state index is 14.1. The van der Waals surface area contributed by atoms with Crippen LogP contribution in [-0.2, 0) is 5.67 Å². The van der Waals surface area contributed by atoms with E-state index >= 15 is 0 Å². The van der Waals surface area contributed by atoms with Crippen molar-refractivity contribution in [1.82, 2.24) is 0 Å². The molecule has 13 heavy (non-hydrogen) atoms. The van der Waals surface area contributed by atoms with Crippen LogP contribution >= 0.6 is 15.9 Å². The highest BCUT2D eigenvalue weighted by atomic mass is 79.9. The minimum Gasteiger partial charge on any atom is -0.238 e. The highest BCUT2D eigenvalue weighted by molar-refractivity contribution is 9.09. The van der Waals surface area contributed by atoms with E-state index in [1.54, 1.807) is 0 Å². The molecule has 0 saturated carbocycles. The van der Waals surface area contributed by atoms with Crippen LogP contribution in [-0.4, -0.2) is 5.33 Å². The van der Waals surface area contributed by atoms with Crippen molar-refractivity contribution in [1.29, 1.82) is 0 Å². The Morgan fingerprint density at radius 1 is 1.31 bits per heavy atom. The summed E-state index contributed by atoms with van der Waals surface area (Å²) in [5, 5.41) is 0.361. The maximum absolute atomic E-state index is 14.1. The summed E-state index contributed by atoms with van der Waals surface area (Å²) in [6, 6.07) is 7.62. The first-order chi connectivity index (χ1) is 6.12. The van der Waals surface area contributed by atoms with Gasteiger partial charge in [0.25, 0.3) is 0 Å². The van der Waals surface area contributed by atoms with Gasteiger partial charge >= 0.3 is 0 Å². The average Bonchev–Trinajstić information content (AvgIpc) is 2.18. The van der Waals surface area contributed by atoms with E-state index in [9.17, 15) is 4.39 Å². The molecule has 0 aliphatic carbocycles. The SMILES string of the molecule is CC[C@@](F)(CBr)c1ccc(C)cc1. The van der Waals surface area contributed by atoms with Crippen LogP contribution in [0.2, 0.25) is 0 Å². The monoisotopic (exact) mass is 244 g/mol. The Morgan fingerprint density at radius 3 is 2.23 bits per heavy atom. The summed E-state index contributed by atoms with van der Waals surface area (Å²) in [5.41, 5.74) is 0.711.